The van der Waals surface area contributed by atoms with Crippen LogP contribution < -0.4 is 20.1 Å². The molecular formula is C36H39N3O3. The van der Waals surface area contributed by atoms with E-state index in [1.807, 2.05) is 55.1 Å². The number of nitriles is 1. The molecule has 5 rings (SSSR count). The number of rotatable bonds is 7. The fourth-order valence-corrected chi connectivity index (χ4v) is 6.24. The molecule has 0 aromatic heterocycles. The Hall–Kier alpha value is -4.50. The lowest BCUT2D eigenvalue weighted by Gasteiger charge is -2.44. The number of anilines is 1. The molecular weight excluding hydrogens is 522 g/mol. The van der Waals surface area contributed by atoms with E-state index in [1.54, 1.807) is 7.11 Å². The zero-order chi connectivity index (χ0) is 30.2. The number of carbonyl (C=O) groups is 1. The van der Waals surface area contributed by atoms with Crippen LogP contribution in [-0.2, 0) is 17.8 Å². The summed E-state index contributed by atoms with van der Waals surface area (Å²) in [5.41, 5.74) is 14.6. The fraction of sp³-hybridized carbons (Fsp3) is 0.333. The number of benzene rings is 3. The number of ether oxygens (including phenoxy) is 2. The van der Waals surface area contributed by atoms with E-state index in [2.05, 4.69) is 51.1 Å². The van der Waals surface area contributed by atoms with Crippen LogP contribution in [0.15, 0.2) is 83.3 Å². The molecule has 0 saturated carbocycles. The largest absolute Gasteiger partial charge is 0.497 e. The second-order valence-corrected chi connectivity index (χ2v) is 12.1. The number of hydrogen-bond donors (Lipinski definition) is 1. The molecule has 216 valence electrons. The summed E-state index contributed by atoms with van der Waals surface area (Å²) in [6, 6.07) is 22.3. The van der Waals surface area contributed by atoms with Crippen LogP contribution in [0, 0.1) is 30.6 Å². The highest BCUT2D eigenvalue weighted by Crippen LogP contribution is 2.51. The molecule has 0 spiro atoms. The SMILES string of the molecule is CCc1ccc(N2C(N)=C(C#N)C(c3cc(C)cc(COc4ccc(OC)cc4)c3C)C3=C2CC(C)(C)CC3=O)cc1. The molecule has 1 aliphatic heterocycles. The standard InChI is InChI=1S/C36H39N3O3/c1-7-24-8-10-26(11-9-24)39-31-18-36(4,5)19-32(40)34(31)33(30(20-37)35(39)38)29-17-22(2)16-25(23(29)3)21-42-28-14-12-27(41-6)13-15-28/h8-17,33H,7,18-19,21,38H2,1-6H3. The van der Waals surface area contributed by atoms with Crippen molar-refractivity contribution < 1.29 is 14.3 Å². The number of nitrogens with zero attached hydrogens (tertiary/aromatic N) is 2. The molecule has 3 aromatic rings. The Morgan fingerprint density at radius 3 is 2.31 bits per heavy atom. The smallest absolute Gasteiger partial charge is 0.162 e. The lowest BCUT2D eigenvalue weighted by molar-refractivity contribution is -0.118. The molecule has 1 heterocycles. The van der Waals surface area contributed by atoms with E-state index < -0.39 is 5.92 Å². The van der Waals surface area contributed by atoms with Gasteiger partial charge in [0.05, 0.1) is 24.7 Å². The number of carbonyl (C=O) groups excluding carboxylic acids is 1. The van der Waals surface area contributed by atoms with Crippen LogP contribution in [0.25, 0.3) is 0 Å². The van der Waals surface area contributed by atoms with Crippen LogP contribution in [0.5, 0.6) is 11.5 Å². The van der Waals surface area contributed by atoms with Gasteiger partial charge >= 0.3 is 0 Å². The van der Waals surface area contributed by atoms with Crippen LogP contribution in [0.1, 0.15) is 67.3 Å². The molecule has 0 bridgehead atoms. The number of hydrogen-bond acceptors (Lipinski definition) is 6. The first-order valence-electron chi connectivity index (χ1n) is 14.5. The van der Waals surface area contributed by atoms with E-state index in [0.717, 1.165) is 51.6 Å². The van der Waals surface area contributed by atoms with Crippen molar-refractivity contribution in [2.75, 3.05) is 12.0 Å². The van der Waals surface area contributed by atoms with Gasteiger partial charge in [-0.1, -0.05) is 50.6 Å². The number of aryl methyl sites for hydroxylation is 2. The van der Waals surface area contributed by atoms with Crippen LogP contribution in [-0.4, -0.2) is 12.9 Å². The Labute approximate surface area is 249 Å². The van der Waals surface area contributed by atoms with Gasteiger partial charge in [0.2, 0.25) is 0 Å². The Bertz CT molecular complexity index is 1620. The third-order valence-electron chi connectivity index (χ3n) is 8.45. The van der Waals surface area contributed by atoms with Crippen molar-refractivity contribution in [3.8, 4) is 17.6 Å². The van der Waals surface area contributed by atoms with E-state index in [0.29, 0.717) is 36.4 Å². The van der Waals surface area contributed by atoms with Crippen molar-refractivity contribution in [1.29, 1.82) is 5.26 Å². The molecule has 6 heteroatoms. The monoisotopic (exact) mass is 561 g/mol. The highest BCUT2D eigenvalue weighted by molar-refractivity contribution is 6.01. The lowest BCUT2D eigenvalue weighted by Crippen LogP contribution is -2.42. The second kappa shape index (κ2) is 11.4. The van der Waals surface area contributed by atoms with Crippen molar-refractivity contribution >= 4 is 11.5 Å². The van der Waals surface area contributed by atoms with Gasteiger partial charge in [0, 0.05) is 23.4 Å². The van der Waals surface area contributed by atoms with Gasteiger partial charge in [-0.3, -0.25) is 9.69 Å². The first-order valence-corrected chi connectivity index (χ1v) is 14.5. The summed E-state index contributed by atoms with van der Waals surface area (Å²) >= 11 is 0. The van der Waals surface area contributed by atoms with Crippen LogP contribution in [0.2, 0.25) is 0 Å². The van der Waals surface area contributed by atoms with E-state index in [4.69, 9.17) is 15.2 Å². The molecule has 1 atom stereocenters. The Morgan fingerprint density at radius 1 is 1.02 bits per heavy atom. The molecule has 3 aromatic carbocycles. The van der Waals surface area contributed by atoms with Crippen molar-refractivity contribution in [3.05, 3.63) is 111 Å². The summed E-state index contributed by atoms with van der Waals surface area (Å²) in [7, 11) is 1.63. The van der Waals surface area contributed by atoms with E-state index in [1.165, 1.54) is 5.56 Å². The maximum absolute atomic E-state index is 14.0. The Balaban J connectivity index is 1.63. The predicted octanol–water partition coefficient (Wildman–Crippen LogP) is 7.39. The molecule has 0 saturated heterocycles. The molecule has 0 fully saturated rings. The summed E-state index contributed by atoms with van der Waals surface area (Å²) in [4.78, 5) is 16.0. The molecule has 0 amide bonds. The third kappa shape index (κ3) is 5.39. The van der Waals surface area contributed by atoms with E-state index >= 15 is 0 Å². The molecule has 2 N–H and O–H groups in total. The first-order chi connectivity index (χ1) is 20.1. The Morgan fingerprint density at radius 2 is 1.69 bits per heavy atom. The van der Waals surface area contributed by atoms with Crippen LogP contribution in [0.4, 0.5) is 5.69 Å². The zero-order valence-electron chi connectivity index (χ0n) is 25.4. The quantitative estimate of drug-likeness (QED) is 0.323. The van der Waals surface area contributed by atoms with Gasteiger partial charge in [-0.2, -0.15) is 5.26 Å². The molecule has 1 aliphatic carbocycles. The van der Waals surface area contributed by atoms with Crippen LogP contribution in [0.3, 0.4) is 0 Å². The molecule has 42 heavy (non-hydrogen) atoms. The van der Waals surface area contributed by atoms with Gasteiger partial charge in [-0.15, -0.1) is 0 Å². The summed E-state index contributed by atoms with van der Waals surface area (Å²) in [6.07, 6.45) is 2.02. The maximum Gasteiger partial charge on any atom is 0.162 e. The van der Waals surface area contributed by atoms with Crippen molar-refractivity contribution in [1.82, 2.24) is 0 Å². The number of ketones is 1. The third-order valence-corrected chi connectivity index (χ3v) is 8.45. The average molecular weight is 562 g/mol. The predicted molar refractivity (Wildman–Crippen MR) is 166 cm³/mol. The van der Waals surface area contributed by atoms with Gasteiger partial charge in [-0.25, -0.2) is 0 Å². The van der Waals surface area contributed by atoms with Gasteiger partial charge in [0.1, 0.15) is 23.9 Å². The molecule has 0 radical (unpaired) electrons. The minimum absolute atomic E-state index is 0.0682. The van der Waals surface area contributed by atoms with Crippen molar-refractivity contribution in [2.45, 2.75) is 66.4 Å². The topological polar surface area (TPSA) is 88.6 Å². The zero-order valence-corrected chi connectivity index (χ0v) is 25.4. The molecule has 2 aliphatic rings. The van der Waals surface area contributed by atoms with Gasteiger partial charge in [0.15, 0.2) is 5.78 Å². The molecule has 6 nitrogen and oxygen atoms in total. The number of allylic oxidation sites excluding steroid dienone is 3. The number of nitrogens with two attached hydrogens (primary N) is 1. The van der Waals surface area contributed by atoms with Crippen LogP contribution >= 0.6 is 0 Å². The van der Waals surface area contributed by atoms with Crippen molar-refractivity contribution in [3.63, 3.8) is 0 Å². The fourth-order valence-electron chi connectivity index (χ4n) is 6.24. The average Bonchev–Trinajstić information content (AvgIpc) is 2.96. The minimum atomic E-state index is -0.542. The maximum atomic E-state index is 14.0. The lowest BCUT2D eigenvalue weighted by atomic mass is 9.68. The normalized spacial score (nSPS) is 18.1. The highest BCUT2D eigenvalue weighted by atomic mass is 16.5. The summed E-state index contributed by atoms with van der Waals surface area (Å²) < 4.78 is 11.4. The minimum Gasteiger partial charge on any atom is -0.497 e. The van der Waals surface area contributed by atoms with Gasteiger partial charge in [0.25, 0.3) is 0 Å². The second-order valence-electron chi connectivity index (χ2n) is 12.1. The number of methoxy groups -OCH3 is 1. The van der Waals surface area contributed by atoms with E-state index in [-0.39, 0.29) is 11.2 Å². The van der Waals surface area contributed by atoms with E-state index in [9.17, 15) is 10.1 Å². The van der Waals surface area contributed by atoms with Gasteiger partial charge < -0.3 is 15.2 Å². The number of Topliss-reactive ketones (excluding diaryl/α,β-unsaturated/α-hetero) is 1. The van der Waals surface area contributed by atoms with Gasteiger partial charge in [-0.05, 0) is 90.8 Å². The Kier molecular flexibility index (Phi) is 7.88. The summed E-state index contributed by atoms with van der Waals surface area (Å²) in [6.45, 7) is 10.8. The summed E-state index contributed by atoms with van der Waals surface area (Å²) in [5, 5.41) is 10.6. The highest BCUT2D eigenvalue weighted by Gasteiger charge is 2.45. The van der Waals surface area contributed by atoms with Crippen molar-refractivity contribution in [2.24, 2.45) is 11.1 Å². The first kappa shape index (κ1) is 29.0. The molecule has 1 unspecified atom stereocenters. The summed E-state index contributed by atoms with van der Waals surface area (Å²) in [5.74, 6) is 1.41.